The standard InChI is InChI=1S/C30H30Cl2N6O5/c1-35(2)19-12-36(13-19)27-6-5-17(11-34-27)38-15-22(30(41)42)28(40)21-9-24(32)26(10-25(21)38)37-14-20(39)8-18(37)16-43-29-23(31)4-3-7-33-29/h3-7,9-11,15,18-20,39H,8,12-14,16H2,1-2H3,(H,41,42)/t18-,20+/m1/s1. The van der Waals surface area contributed by atoms with Crippen molar-refractivity contribution in [2.45, 2.75) is 24.6 Å². The van der Waals surface area contributed by atoms with Gasteiger partial charge in [0.2, 0.25) is 11.3 Å². The molecule has 2 N–H and O–H groups in total. The van der Waals surface area contributed by atoms with Gasteiger partial charge in [-0.2, -0.15) is 0 Å². The van der Waals surface area contributed by atoms with E-state index in [-0.39, 0.29) is 41.0 Å². The molecule has 0 spiro atoms. The number of carbonyl (C=O) groups is 1. The van der Waals surface area contributed by atoms with Gasteiger partial charge in [0.1, 0.15) is 23.0 Å². The fourth-order valence-electron chi connectivity index (χ4n) is 5.59. The van der Waals surface area contributed by atoms with E-state index in [9.17, 15) is 19.8 Å². The van der Waals surface area contributed by atoms with Crippen LogP contribution in [0.15, 0.2) is 59.8 Å². The Bertz CT molecular complexity index is 1740. The number of pyridine rings is 3. The maximum absolute atomic E-state index is 13.2. The molecule has 0 aliphatic carbocycles. The lowest BCUT2D eigenvalue weighted by Gasteiger charge is -2.43. The molecule has 0 saturated carbocycles. The summed E-state index contributed by atoms with van der Waals surface area (Å²) in [6.07, 6.45) is 4.34. The molecule has 2 atom stereocenters. The van der Waals surface area contributed by atoms with Crippen molar-refractivity contribution >= 4 is 51.6 Å². The fourth-order valence-corrected chi connectivity index (χ4v) is 6.04. The van der Waals surface area contributed by atoms with E-state index in [0.29, 0.717) is 34.4 Å². The number of halogens is 2. The number of nitrogens with zero attached hydrogens (tertiary/aromatic N) is 6. The van der Waals surface area contributed by atoms with Crippen LogP contribution in [0.4, 0.5) is 11.5 Å². The van der Waals surface area contributed by atoms with Crippen molar-refractivity contribution in [1.82, 2.24) is 19.4 Å². The zero-order valence-electron chi connectivity index (χ0n) is 23.5. The van der Waals surface area contributed by atoms with Crippen molar-refractivity contribution in [3.63, 3.8) is 0 Å². The number of hydrogen-bond acceptors (Lipinski definition) is 9. The number of aliphatic hydroxyl groups excluding tert-OH is 1. The molecule has 224 valence electrons. The Morgan fingerprint density at radius 1 is 1.12 bits per heavy atom. The minimum atomic E-state index is -1.34. The molecular weight excluding hydrogens is 595 g/mol. The lowest BCUT2D eigenvalue weighted by atomic mass is 10.1. The van der Waals surface area contributed by atoms with Crippen LogP contribution in [0.25, 0.3) is 16.6 Å². The molecule has 1 aromatic carbocycles. The van der Waals surface area contributed by atoms with Crippen LogP contribution >= 0.6 is 23.2 Å². The molecule has 4 aromatic rings. The van der Waals surface area contributed by atoms with Gasteiger partial charge in [0.25, 0.3) is 0 Å². The first-order chi connectivity index (χ1) is 20.6. The quantitative estimate of drug-likeness (QED) is 0.301. The van der Waals surface area contributed by atoms with Crippen molar-refractivity contribution in [2.75, 3.05) is 50.1 Å². The van der Waals surface area contributed by atoms with Crippen LogP contribution in [0.2, 0.25) is 10.0 Å². The summed E-state index contributed by atoms with van der Waals surface area (Å²) in [5, 5.41) is 21.2. The molecule has 11 nitrogen and oxygen atoms in total. The number of aromatic carboxylic acids is 1. The summed E-state index contributed by atoms with van der Waals surface area (Å²) in [6, 6.07) is 10.5. The van der Waals surface area contributed by atoms with Gasteiger partial charge in [-0.05, 0) is 56.9 Å². The van der Waals surface area contributed by atoms with Crippen molar-refractivity contribution in [1.29, 1.82) is 0 Å². The molecular formula is C30H30Cl2N6O5. The molecule has 0 amide bonds. The van der Waals surface area contributed by atoms with Gasteiger partial charge < -0.3 is 34.2 Å². The lowest BCUT2D eigenvalue weighted by Crippen LogP contribution is -2.57. The zero-order chi connectivity index (χ0) is 30.4. The van der Waals surface area contributed by atoms with Crippen LogP contribution in [-0.4, -0.2) is 94.1 Å². The number of aliphatic hydroxyl groups is 1. The van der Waals surface area contributed by atoms with Crippen molar-refractivity contribution < 1.29 is 19.7 Å². The van der Waals surface area contributed by atoms with Crippen LogP contribution in [0, 0.1) is 0 Å². The van der Waals surface area contributed by atoms with Crippen LogP contribution in [0.1, 0.15) is 16.8 Å². The largest absolute Gasteiger partial charge is 0.477 e. The maximum atomic E-state index is 13.2. The Morgan fingerprint density at radius 3 is 2.58 bits per heavy atom. The predicted octanol–water partition coefficient (Wildman–Crippen LogP) is 3.55. The first-order valence-corrected chi connectivity index (χ1v) is 14.5. The van der Waals surface area contributed by atoms with Crippen molar-refractivity contribution in [3.05, 3.63) is 80.8 Å². The Morgan fingerprint density at radius 2 is 1.91 bits per heavy atom. The van der Waals surface area contributed by atoms with Crippen LogP contribution in [-0.2, 0) is 0 Å². The third-order valence-corrected chi connectivity index (χ3v) is 8.66. The molecule has 2 aliphatic heterocycles. The molecule has 6 rings (SSSR count). The fraction of sp³-hybridized carbons (Fsp3) is 0.333. The number of carboxylic acid groups (broad SMARTS) is 1. The molecule has 0 unspecified atom stereocenters. The molecule has 43 heavy (non-hydrogen) atoms. The summed E-state index contributed by atoms with van der Waals surface area (Å²) in [7, 11) is 4.10. The number of benzene rings is 1. The summed E-state index contributed by atoms with van der Waals surface area (Å²) in [4.78, 5) is 40.4. The van der Waals surface area contributed by atoms with Crippen LogP contribution in [0.3, 0.4) is 0 Å². The monoisotopic (exact) mass is 624 g/mol. The number of fused-ring (bicyclic) bond motifs is 1. The van der Waals surface area contributed by atoms with Gasteiger partial charge in [0.05, 0.1) is 40.3 Å². The summed E-state index contributed by atoms with van der Waals surface area (Å²) in [6.45, 7) is 2.20. The van der Waals surface area contributed by atoms with Crippen LogP contribution in [0.5, 0.6) is 5.88 Å². The molecule has 2 fully saturated rings. The van der Waals surface area contributed by atoms with E-state index < -0.39 is 17.5 Å². The Kier molecular flexibility index (Phi) is 7.91. The topological polar surface area (TPSA) is 124 Å². The highest BCUT2D eigenvalue weighted by Gasteiger charge is 2.34. The summed E-state index contributed by atoms with van der Waals surface area (Å²) >= 11 is 12.9. The number of hydrogen-bond donors (Lipinski definition) is 2. The second-order valence-corrected chi connectivity index (χ2v) is 11.9. The smallest absolute Gasteiger partial charge is 0.341 e. The SMILES string of the molecule is CN(C)C1CN(c2ccc(-n3cc(C(=O)O)c(=O)c4cc(Cl)c(N5C[C@@H](O)C[C@@H]5COc5ncccc5Cl)cc43)cn2)C1. The third-order valence-electron chi connectivity index (χ3n) is 8.07. The van der Waals surface area contributed by atoms with Gasteiger partial charge in [0, 0.05) is 43.5 Å². The Hall–Kier alpha value is -3.90. The van der Waals surface area contributed by atoms with Crippen molar-refractivity contribution in [2.24, 2.45) is 0 Å². The lowest BCUT2D eigenvalue weighted by molar-refractivity contribution is 0.0695. The van der Waals surface area contributed by atoms with E-state index in [4.69, 9.17) is 27.9 Å². The average Bonchev–Trinajstić information content (AvgIpc) is 3.32. The number of anilines is 2. The minimum absolute atomic E-state index is 0.155. The van der Waals surface area contributed by atoms with Gasteiger partial charge in [-0.1, -0.05) is 23.2 Å². The second kappa shape index (κ2) is 11.6. The number of aromatic nitrogens is 3. The van der Waals surface area contributed by atoms with Gasteiger partial charge in [-0.25, -0.2) is 14.8 Å². The first kappa shape index (κ1) is 29.2. The molecule has 5 heterocycles. The Labute approximate surface area is 257 Å². The maximum Gasteiger partial charge on any atom is 0.341 e. The number of β-amino-alcohol motifs (C(OH)–C–C–N with tert-alkyl or cyclic N) is 1. The predicted molar refractivity (Wildman–Crippen MR) is 165 cm³/mol. The normalized spacial score (nSPS) is 18.8. The number of carboxylic acids is 1. The second-order valence-electron chi connectivity index (χ2n) is 11.1. The molecule has 0 radical (unpaired) electrons. The molecule has 2 saturated heterocycles. The van der Waals surface area contributed by atoms with Gasteiger partial charge >= 0.3 is 5.97 Å². The highest BCUT2D eigenvalue weighted by atomic mass is 35.5. The van der Waals surface area contributed by atoms with E-state index in [2.05, 4.69) is 33.9 Å². The molecule has 3 aromatic heterocycles. The van der Waals surface area contributed by atoms with Gasteiger partial charge in [-0.3, -0.25) is 4.79 Å². The van der Waals surface area contributed by atoms with Crippen LogP contribution < -0.4 is 20.0 Å². The minimum Gasteiger partial charge on any atom is -0.477 e. The summed E-state index contributed by atoms with van der Waals surface area (Å²) < 4.78 is 7.53. The highest BCUT2D eigenvalue weighted by Crippen LogP contribution is 2.36. The molecule has 2 aliphatic rings. The van der Waals surface area contributed by atoms with Gasteiger partial charge in [0.15, 0.2) is 0 Å². The van der Waals surface area contributed by atoms with E-state index in [0.717, 1.165) is 18.9 Å². The number of rotatable bonds is 8. The van der Waals surface area contributed by atoms with E-state index in [1.54, 1.807) is 35.2 Å². The summed E-state index contributed by atoms with van der Waals surface area (Å²) in [5.41, 5.74) is 0.586. The summed E-state index contributed by atoms with van der Waals surface area (Å²) in [5.74, 6) is -0.235. The number of likely N-dealkylation sites (N-methyl/N-ethyl adjacent to an activating group) is 1. The Balaban J connectivity index is 1.38. The van der Waals surface area contributed by atoms with E-state index >= 15 is 0 Å². The van der Waals surface area contributed by atoms with E-state index in [1.807, 2.05) is 17.0 Å². The first-order valence-electron chi connectivity index (χ1n) is 13.8. The number of ether oxygens (including phenoxy) is 1. The molecule has 0 bridgehead atoms. The zero-order valence-corrected chi connectivity index (χ0v) is 25.0. The highest BCUT2D eigenvalue weighted by molar-refractivity contribution is 6.34. The van der Waals surface area contributed by atoms with Gasteiger partial charge in [-0.15, -0.1) is 0 Å². The molecule has 13 heteroatoms. The average molecular weight is 626 g/mol. The van der Waals surface area contributed by atoms with E-state index in [1.165, 1.54) is 12.3 Å². The third kappa shape index (κ3) is 5.61. The van der Waals surface area contributed by atoms with Crippen molar-refractivity contribution in [3.8, 4) is 11.6 Å².